The molecule has 0 aliphatic carbocycles. The van der Waals surface area contributed by atoms with Crippen molar-refractivity contribution in [2.75, 3.05) is 45.5 Å². The molecule has 0 aromatic rings. The van der Waals surface area contributed by atoms with Gasteiger partial charge in [-0.25, -0.2) is 0 Å². The number of guanidine groups is 1. The highest BCUT2D eigenvalue weighted by molar-refractivity contribution is 8.00. The van der Waals surface area contributed by atoms with E-state index in [-0.39, 0.29) is 0 Å². The van der Waals surface area contributed by atoms with Gasteiger partial charge in [0.25, 0.3) is 0 Å². The van der Waals surface area contributed by atoms with Crippen LogP contribution in [0.2, 0.25) is 0 Å². The van der Waals surface area contributed by atoms with Crippen molar-refractivity contribution in [1.29, 1.82) is 0 Å². The van der Waals surface area contributed by atoms with E-state index in [4.69, 9.17) is 0 Å². The van der Waals surface area contributed by atoms with Gasteiger partial charge in [0, 0.05) is 31.4 Å². The lowest BCUT2D eigenvalue weighted by molar-refractivity contribution is 0.232. The SMILES string of the molecule is CN=C(NCCN1CCCCC1)NCC1(C)CCCS1. The van der Waals surface area contributed by atoms with E-state index in [9.17, 15) is 0 Å². The van der Waals surface area contributed by atoms with E-state index in [0.717, 1.165) is 25.6 Å². The molecule has 2 aliphatic rings. The summed E-state index contributed by atoms with van der Waals surface area (Å²) in [5.74, 6) is 2.26. The summed E-state index contributed by atoms with van der Waals surface area (Å²) in [6.45, 7) is 8.03. The highest BCUT2D eigenvalue weighted by Gasteiger charge is 2.29. The van der Waals surface area contributed by atoms with Crippen LogP contribution in [0.4, 0.5) is 0 Å². The maximum atomic E-state index is 4.33. The van der Waals surface area contributed by atoms with Crippen LogP contribution in [0.1, 0.15) is 39.0 Å². The molecule has 5 heteroatoms. The van der Waals surface area contributed by atoms with Gasteiger partial charge in [-0.05, 0) is 51.4 Å². The van der Waals surface area contributed by atoms with E-state index in [2.05, 4.69) is 39.2 Å². The molecule has 2 fully saturated rings. The van der Waals surface area contributed by atoms with Crippen molar-refractivity contribution >= 4 is 17.7 Å². The molecule has 1 unspecified atom stereocenters. The first-order valence-corrected chi connectivity index (χ1v) is 9.01. The van der Waals surface area contributed by atoms with E-state index in [1.165, 1.54) is 50.9 Å². The minimum Gasteiger partial charge on any atom is -0.355 e. The van der Waals surface area contributed by atoms with Gasteiger partial charge in [0.2, 0.25) is 0 Å². The second-order valence-corrected chi connectivity index (χ2v) is 7.84. The Morgan fingerprint density at radius 3 is 2.65 bits per heavy atom. The molecule has 20 heavy (non-hydrogen) atoms. The van der Waals surface area contributed by atoms with Gasteiger partial charge in [0.1, 0.15) is 0 Å². The van der Waals surface area contributed by atoms with Gasteiger partial charge in [-0.3, -0.25) is 4.99 Å². The van der Waals surface area contributed by atoms with Gasteiger partial charge in [-0.2, -0.15) is 11.8 Å². The van der Waals surface area contributed by atoms with Crippen LogP contribution in [0, 0.1) is 0 Å². The summed E-state index contributed by atoms with van der Waals surface area (Å²) in [6, 6.07) is 0. The smallest absolute Gasteiger partial charge is 0.191 e. The van der Waals surface area contributed by atoms with Gasteiger partial charge in [0.05, 0.1) is 0 Å². The predicted molar refractivity (Wildman–Crippen MR) is 89.8 cm³/mol. The molecule has 2 aliphatic heterocycles. The van der Waals surface area contributed by atoms with E-state index in [0.29, 0.717) is 4.75 Å². The van der Waals surface area contributed by atoms with Crippen LogP contribution in [0.5, 0.6) is 0 Å². The molecule has 0 spiro atoms. The van der Waals surface area contributed by atoms with Crippen LogP contribution >= 0.6 is 11.8 Å². The molecule has 0 radical (unpaired) electrons. The molecule has 116 valence electrons. The maximum Gasteiger partial charge on any atom is 0.191 e. The second-order valence-electron chi connectivity index (χ2n) is 6.16. The molecular weight excluding hydrogens is 268 g/mol. The topological polar surface area (TPSA) is 39.7 Å². The lowest BCUT2D eigenvalue weighted by Gasteiger charge is -2.27. The maximum absolute atomic E-state index is 4.33. The third-order valence-electron chi connectivity index (χ3n) is 4.32. The van der Waals surface area contributed by atoms with Crippen LogP contribution in [0.3, 0.4) is 0 Å². The van der Waals surface area contributed by atoms with Crippen LogP contribution in [0.15, 0.2) is 4.99 Å². The number of hydrogen-bond donors (Lipinski definition) is 2. The Hall–Kier alpha value is -0.420. The zero-order valence-corrected chi connectivity index (χ0v) is 13.9. The minimum atomic E-state index is 0.393. The van der Waals surface area contributed by atoms with Gasteiger partial charge in [-0.1, -0.05) is 6.42 Å². The molecule has 2 heterocycles. The van der Waals surface area contributed by atoms with Crippen LogP contribution in [-0.4, -0.2) is 61.1 Å². The Balaban J connectivity index is 1.62. The Morgan fingerprint density at radius 2 is 2.00 bits per heavy atom. The largest absolute Gasteiger partial charge is 0.355 e. The van der Waals surface area contributed by atoms with Crippen molar-refractivity contribution in [1.82, 2.24) is 15.5 Å². The summed E-state index contributed by atoms with van der Waals surface area (Å²) in [6.07, 6.45) is 6.80. The quantitative estimate of drug-likeness (QED) is 0.601. The van der Waals surface area contributed by atoms with Gasteiger partial charge in [-0.15, -0.1) is 0 Å². The summed E-state index contributed by atoms with van der Waals surface area (Å²) in [5.41, 5.74) is 0. The monoisotopic (exact) mass is 298 g/mol. The Kier molecular flexibility index (Phi) is 6.49. The number of likely N-dealkylation sites (tertiary alicyclic amines) is 1. The van der Waals surface area contributed by atoms with Crippen LogP contribution in [-0.2, 0) is 0 Å². The zero-order valence-electron chi connectivity index (χ0n) is 13.1. The van der Waals surface area contributed by atoms with E-state index < -0.39 is 0 Å². The Labute approximate surface area is 128 Å². The molecule has 4 nitrogen and oxygen atoms in total. The number of piperidine rings is 1. The standard InChI is InChI=1S/C15H30N4S/c1-15(7-6-12-20-15)13-18-14(16-2)17-8-11-19-9-4-3-5-10-19/h3-13H2,1-2H3,(H2,16,17,18). The van der Waals surface area contributed by atoms with E-state index in [1.54, 1.807) is 0 Å². The molecule has 0 aromatic carbocycles. The fourth-order valence-corrected chi connectivity index (χ4v) is 4.23. The number of nitrogens with one attached hydrogen (secondary N) is 2. The van der Waals surface area contributed by atoms with Crippen molar-refractivity contribution in [3.05, 3.63) is 0 Å². The highest BCUT2D eigenvalue weighted by Crippen LogP contribution is 2.36. The van der Waals surface area contributed by atoms with Crippen molar-refractivity contribution in [2.24, 2.45) is 4.99 Å². The zero-order chi connectivity index (χ0) is 14.3. The first-order valence-electron chi connectivity index (χ1n) is 8.03. The third kappa shape index (κ3) is 5.17. The summed E-state index contributed by atoms with van der Waals surface area (Å²) in [4.78, 5) is 6.88. The first-order chi connectivity index (χ1) is 9.72. The molecule has 0 bridgehead atoms. The summed E-state index contributed by atoms with van der Waals surface area (Å²) < 4.78 is 0.393. The predicted octanol–water partition coefficient (Wildman–Crippen LogP) is 1.92. The number of nitrogens with zero attached hydrogens (tertiary/aromatic N) is 2. The fourth-order valence-electron chi connectivity index (χ4n) is 2.98. The van der Waals surface area contributed by atoms with Gasteiger partial charge in [0.15, 0.2) is 5.96 Å². The van der Waals surface area contributed by atoms with E-state index >= 15 is 0 Å². The molecule has 1 atom stereocenters. The van der Waals surface area contributed by atoms with Gasteiger partial charge >= 0.3 is 0 Å². The molecule has 0 saturated carbocycles. The number of hydrogen-bond acceptors (Lipinski definition) is 3. The van der Waals surface area contributed by atoms with Gasteiger partial charge < -0.3 is 15.5 Å². The third-order valence-corrected chi connectivity index (χ3v) is 5.86. The Morgan fingerprint density at radius 1 is 1.20 bits per heavy atom. The molecule has 2 N–H and O–H groups in total. The molecule has 2 rings (SSSR count). The fraction of sp³-hybridized carbons (Fsp3) is 0.933. The van der Waals surface area contributed by atoms with Crippen LogP contribution < -0.4 is 10.6 Å². The van der Waals surface area contributed by atoms with Crippen LogP contribution in [0.25, 0.3) is 0 Å². The second kappa shape index (κ2) is 8.13. The normalized spacial score (nSPS) is 28.6. The molecular formula is C15H30N4S. The molecule has 0 amide bonds. The highest BCUT2D eigenvalue weighted by atomic mass is 32.2. The average molecular weight is 298 g/mol. The lowest BCUT2D eigenvalue weighted by atomic mass is 10.1. The first kappa shape index (κ1) is 16.0. The Bertz CT molecular complexity index is 307. The summed E-state index contributed by atoms with van der Waals surface area (Å²) in [7, 11) is 1.86. The van der Waals surface area contributed by atoms with Crippen molar-refractivity contribution in [2.45, 2.75) is 43.8 Å². The number of thioether (sulfide) groups is 1. The summed E-state index contributed by atoms with van der Waals surface area (Å²) in [5, 5.41) is 6.93. The minimum absolute atomic E-state index is 0.393. The molecule has 2 saturated heterocycles. The average Bonchev–Trinajstić information content (AvgIpc) is 2.91. The molecule has 0 aromatic heterocycles. The van der Waals surface area contributed by atoms with Crippen molar-refractivity contribution in [3.8, 4) is 0 Å². The van der Waals surface area contributed by atoms with Crippen molar-refractivity contribution in [3.63, 3.8) is 0 Å². The number of rotatable bonds is 5. The van der Waals surface area contributed by atoms with E-state index in [1.807, 2.05) is 7.05 Å². The number of aliphatic imine (C=N–C) groups is 1. The lowest BCUT2D eigenvalue weighted by Crippen LogP contribution is -2.46. The van der Waals surface area contributed by atoms with Crippen molar-refractivity contribution < 1.29 is 0 Å². The summed E-state index contributed by atoms with van der Waals surface area (Å²) >= 11 is 2.09.